The molecule has 2 aliphatic rings. The van der Waals surface area contributed by atoms with Crippen molar-refractivity contribution < 1.29 is 9.53 Å². The van der Waals surface area contributed by atoms with Crippen molar-refractivity contribution in [3.8, 4) is 0 Å². The third-order valence-electron chi connectivity index (χ3n) is 3.86. The maximum absolute atomic E-state index is 11.8. The molecule has 0 saturated heterocycles. The number of hydrogen-bond donors (Lipinski definition) is 2. The number of rotatable bonds is 6. The predicted octanol–water partition coefficient (Wildman–Crippen LogP) is 1.59. The lowest BCUT2D eigenvalue weighted by molar-refractivity contribution is -0.136. The van der Waals surface area contributed by atoms with Gasteiger partial charge in [0.2, 0.25) is 5.91 Å². The third-order valence-corrected chi connectivity index (χ3v) is 3.86. The first-order chi connectivity index (χ1) is 8.69. The summed E-state index contributed by atoms with van der Waals surface area (Å²) in [7, 11) is 0. The number of carbonyl (C=O) groups excluding carboxylic acids is 1. The van der Waals surface area contributed by atoms with Crippen molar-refractivity contribution in [3.05, 3.63) is 0 Å². The Labute approximate surface area is 110 Å². The summed E-state index contributed by atoms with van der Waals surface area (Å²) in [5.74, 6) is 0.0614. The maximum atomic E-state index is 11.8. The molecule has 0 aliphatic heterocycles. The van der Waals surface area contributed by atoms with Gasteiger partial charge in [0.15, 0.2) is 0 Å². The van der Waals surface area contributed by atoms with Gasteiger partial charge in [-0.1, -0.05) is 6.92 Å². The molecule has 104 valence electrons. The average molecular weight is 254 g/mol. The van der Waals surface area contributed by atoms with Gasteiger partial charge < -0.3 is 15.4 Å². The predicted molar refractivity (Wildman–Crippen MR) is 71.4 cm³/mol. The minimum atomic E-state index is -0.300. The maximum Gasteiger partial charge on any atom is 0.249 e. The van der Waals surface area contributed by atoms with E-state index in [1.165, 1.54) is 0 Å². The number of ether oxygens (including phenoxy) is 1. The van der Waals surface area contributed by atoms with E-state index in [2.05, 4.69) is 17.6 Å². The SMILES string of the molecule is CCNC1CCC(OC(C)C(=O)NC2CC2)CC1. The van der Waals surface area contributed by atoms with E-state index in [0.29, 0.717) is 12.1 Å². The first-order valence-electron chi connectivity index (χ1n) is 7.38. The smallest absolute Gasteiger partial charge is 0.249 e. The molecular formula is C14H26N2O2. The van der Waals surface area contributed by atoms with Crippen LogP contribution in [0.25, 0.3) is 0 Å². The number of amides is 1. The van der Waals surface area contributed by atoms with Gasteiger partial charge in [-0.05, 0) is 52.0 Å². The van der Waals surface area contributed by atoms with E-state index in [0.717, 1.165) is 45.1 Å². The Kier molecular flexibility index (Phi) is 5.01. The van der Waals surface area contributed by atoms with Gasteiger partial charge in [0.1, 0.15) is 6.10 Å². The summed E-state index contributed by atoms with van der Waals surface area (Å²) in [6.07, 6.45) is 6.69. The van der Waals surface area contributed by atoms with Crippen LogP contribution in [0.4, 0.5) is 0 Å². The number of nitrogens with one attached hydrogen (secondary N) is 2. The van der Waals surface area contributed by atoms with Gasteiger partial charge in [-0.2, -0.15) is 0 Å². The summed E-state index contributed by atoms with van der Waals surface area (Å²) in [5.41, 5.74) is 0. The van der Waals surface area contributed by atoms with Crippen molar-refractivity contribution in [1.82, 2.24) is 10.6 Å². The zero-order valence-corrected chi connectivity index (χ0v) is 11.6. The van der Waals surface area contributed by atoms with E-state index < -0.39 is 0 Å². The van der Waals surface area contributed by atoms with Crippen LogP contribution in [0.1, 0.15) is 52.4 Å². The van der Waals surface area contributed by atoms with E-state index in [4.69, 9.17) is 4.74 Å². The minimum absolute atomic E-state index is 0.0614. The molecule has 0 heterocycles. The standard InChI is InChI=1S/C14H26N2O2/c1-3-15-11-6-8-13(9-7-11)18-10(2)14(17)16-12-4-5-12/h10-13,15H,3-9H2,1-2H3,(H,16,17). The molecule has 0 bridgehead atoms. The zero-order valence-electron chi connectivity index (χ0n) is 11.6. The molecule has 4 heteroatoms. The lowest BCUT2D eigenvalue weighted by Gasteiger charge is -2.30. The molecule has 4 nitrogen and oxygen atoms in total. The molecule has 2 fully saturated rings. The molecule has 1 atom stereocenters. The first-order valence-corrected chi connectivity index (χ1v) is 7.38. The largest absolute Gasteiger partial charge is 0.365 e. The fraction of sp³-hybridized carbons (Fsp3) is 0.929. The number of hydrogen-bond acceptors (Lipinski definition) is 3. The number of carbonyl (C=O) groups is 1. The van der Waals surface area contributed by atoms with Crippen LogP contribution in [0.2, 0.25) is 0 Å². The second-order valence-corrected chi connectivity index (χ2v) is 5.59. The lowest BCUT2D eigenvalue weighted by atomic mass is 9.93. The summed E-state index contributed by atoms with van der Waals surface area (Å²) >= 11 is 0. The highest BCUT2D eigenvalue weighted by molar-refractivity contribution is 5.80. The highest BCUT2D eigenvalue weighted by Gasteiger charge is 2.28. The summed E-state index contributed by atoms with van der Waals surface area (Å²) in [6.45, 7) is 5.05. The lowest BCUT2D eigenvalue weighted by Crippen LogP contribution is -2.40. The van der Waals surface area contributed by atoms with Gasteiger partial charge in [0.05, 0.1) is 6.10 Å². The quantitative estimate of drug-likeness (QED) is 0.757. The van der Waals surface area contributed by atoms with Crippen LogP contribution < -0.4 is 10.6 Å². The molecule has 1 amide bonds. The van der Waals surface area contributed by atoms with Crippen molar-refractivity contribution in [2.24, 2.45) is 0 Å². The Balaban J connectivity index is 1.65. The van der Waals surface area contributed by atoms with Gasteiger partial charge in [-0.3, -0.25) is 4.79 Å². The van der Waals surface area contributed by atoms with E-state index in [-0.39, 0.29) is 18.1 Å². The van der Waals surface area contributed by atoms with Crippen LogP contribution in [0.15, 0.2) is 0 Å². The Morgan fingerprint density at radius 3 is 2.33 bits per heavy atom. The van der Waals surface area contributed by atoms with E-state index in [1.54, 1.807) is 0 Å². The monoisotopic (exact) mass is 254 g/mol. The van der Waals surface area contributed by atoms with Gasteiger partial charge >= 0.3 is 0 Å². The second kappa shape index (κ2) is 6.53. The summed E-state index contributed by atoms with van der Waals surface area (Å²) < 4.78 is 5.87. The average Bonchev–Trinajstić information content (AvgIpc) is 3.16. The molecule has 2 rings (SSSR count). The molecule has 0 spiro atoms. The molecule has 18 heavy (non-hydrogen) atoms. The van der Waals surface area contributed by atoms with Crippen LogP contribution >= 0.6 is 0 Å². The molecule has 0 aromatic carbocycles. The van der Waals surface area contributed by atoms with E-state index in [9.17, 15) is 4.79 Å². The topological polar surface area (TPSA) is 50.4 Å². The molecule has 2 aliphatic carbocycles. The van der Waals surface area contributed by atoms with Crippen molar-refractivity contribution in [1.29, 1.82) is 0 Å². The van der Waals surface area contributed by atoms with Crippen LogP contribution in [0.3, 0.4) is 0 Å². The molecule has 1 unspecified atom stereocenters. The Hall–Kier alpha value is -0.610. The van der Waals surface area contributed by atoms with Crippen LogP contribution in [-0.2, 0) is 9.53 Å². The highest BCUT2D eigenvalue weighted by atomic mass is 16.5. The molecular weight excluding hydrogens is 228 g/mol. The summed E-state index contributed by atoms with van der Waals surface area (Å²) in [6, 6.07) is 1.07. The Morgan fingerprint density at radius 1 is 1.17 bits per heavy atom. The van der Waals surface area contributed by atoms with Gasteiger partial charge in [0.25, 0.3) is 0 Å². The second-order valence-electron chi connectivity index (χ2n) is 5.59. The fourth-order valence-electron chi connectivity index (χ4n) is 2.59. The molecule has 2 N–H and O–H groups in total. The molecule has 0 aromatic heterocycles. The van der Waals surface area contributed by atoms with Crippen molar-refractivity contribution in [2.45, 2.75) is 76.7 Å². The Morgan fingerprint density at radius 2 is 1.78 bits per heavy atom. The molecule has 0 radical (unpaired) electrons. The molecule has 0 aromatic rings. The van der Waals surface area contributed by atoms with Crippen LogP contribution in [0, 0.1) is 0 Å². The van der Waals surface area contributed by atoms with Crippen molar-refractivity contribution >= 4 is 5.91 Å². The summed E-state index contributed by atoms with van der Waals surface area (Å²) in [5, 5.41) is 6.48. The third kappa shape index (κ3) is 4.25. The minimum Gasteiger partial charge on any atom is -0.365 e. The highest BCUT2D eigenvalue weighted by Crippen LogP contribution is 2.23. The van der Waals surface area contributed by atoms with Gasteiger partial charge in [-0.15, -0.1) is 0 Å². The summed E-state index contributed by atoms with van der Waals surface area (Å²) in [4.78, 5) is 11.8. The molecule has 2 saturated carbocycles. The van der Waals surface area contributed by atoms with E-state index in [1.807, 2.05) is 6.92 Å². The van der Waals surface area contributed by atoms with Crippen molar-refractivity contribution in [3.63, 3.8) is 0 Å². The normalized spacial score (nSPS) is 29.9. The van der Waals surface area contributed by atoms with Gasteiger partial charge in [0, 0.05) is 12.1 Å². The van der Waals surface area contributed by atoms with Crippen LogP contribution in [-0.4, -0.2) is 36.7 Å². The van der Waals surface area contributed by atoms with Crippen LogP contribution in [0.5, 0.6) is 0 Å². The fourth-order valence-corrected chi connectivity index (χ4v) is 2.59. The van der Waals surface area contributed by atoms with Crippen molar-refractivity contribution in [2.75, 3.05) is 6.54 Å². The zero-order chi connectivity index (χ0) is 13.0. The van der Waals surface area contributed by atoms with Gasteiger partial charge in [-0.25, -0.2) is 0 Å². The van der Waals surface area contributed by atoms with E-state index >= 15 is 0 Å². The first kappa shape index (κ1) is 13.8. The Bertz CT molecular complexity index is 271.